The van der Waals surface area contributed by atoms with E-state index in [9.17, 15) is 4.79 Å². The van der Waals surface area contributed by atoms with E-state index in [-0.39, 0.29) is 18.7 Å². The Balaban J connectivity index is 2.25. The Morgan fingerprint density at radius 3 is 3.13 bits per heavy atom. The van der Waals surface area contributed by atoms with Crippen LogP contribution in [0.5, 0.6) is 0 Å². The molecule has 1 rings (SSSR count). The molecular formula is C10H20N2O3. The molecule has 1 aliphatic heterocycles. The zero-order valence-corrected chi connectivity index (χ0v) is 9.24. The number of ether oxygens (including phenoxy) is 1. The Kier molecular flexibility index (Phi) is 5.42. The Labute approximate surface area is 90.4 Å². The first-order valence-corrected chi connectivity index (χ1v) is 5.53. The van der Waals surface area contributed by atoms with Crippen LogP contribution in [0.1, 0.15) is 19.8 Å². The molecule has 1 unspecified atom stereocenters. The molecule has 1 saturated heterocycles. The Hall–Kier alpha value is -0.810. The summed E-state index contributed by atoms with van der Waals surface area (Å²) in [6.45, 7) is 4.37. The van der Waals surface area contributed by atoms with Crippen LogP contribution in [0.3, 0.4) is 0 Å². The zero-order valence-electron chi connectivity index (χ0n) is 9.24. The molecule has 1 atom stereocenters. The number of aliphatic hydroxyl groups excluding tert-OH is 1. The average Bonchev–Trinajstić information content (AvgIpc) is 2.29. The monoisotopic (exact) mass is 216 g/mol. The molecule has 5 heteroatoms. The van der Waals surface area contributed by atoms with Crippen LogP contribution in [0.2, 0.25) is 0 Å². The smallest absolute Gasteiger partial charge is 0.317 e. The van der Waals surface area contributed by atoms with E-state index in [1.54, 1.807) is 4.90 Å². The molecule has 5 nitrogen and oxygen atoms in total. The molecule has 0 bridgehead atoms. The molecule has 1 aliphatic rings. The minimum Gasteiger partial charge on any atom is -0.394 e. The van der Waals surface area contributed by atoms with Crippen molar-refractivity contribution >= 4 is 6.03 Å². The van der Waals surface area contributed by atoms with Gasteiger partial charge in [-0.15, -0.1) is 0 Å². The molecule has 88 valence electrons. The summed E-state index contributed by atoms with van der Waals surface area (Å²) in [5.41, 5.74) is 0. The first kappa shape index (κ1) is 12.3. The lowest BCUT2D eigenvalue weighted by Crippen LogP contribution is -2.50. The van der Waals surface area contributed by atoms with Gasteiger partial charge in [-0.05, 0) is 6.42 Å². The molecule has 2 N–H and O–H groups in total. The van der Waals surface area contributed by atoms with Gasteiger partial charge in [0.15, 0.2) is 0 Å². The predicted molar refractivity (Wildman–Crippen MR) is 56.7 cm³/mol. The van der Waals surface area contributed by atoms with Gasteiger partial charge in [-0.3, -0.25) is 0 Å². The van der Waals surface area contributed by atoms with Crippen LogP contribution < -0.4 is 5.32 Å². The molecule has 15 heavy (non-hydrogen) atoms. The van der Waals surface area contributed by atoms with Crippen molar-refractivity contribution in [3.05, 3.63) is 0 Å². The molecule has 0 aromatic rings. The number of carbonyl (C=O) groups excluding carboxylic acids is 1. The van der Waals surface area contributed by atoms with Crippen LogP contribution in [0.25, 0.3) is 0 Å². The molecule has 1 heterocycles. The van der Waals surface area contributed by atoms with Crippen LogP contribution in [0.15, 0.2) is 0 Å². The predicted octanol–water partition coefficient (Wildman–Crippen LogP) is 0.189. The summed E-state index contributed by atoms with van der Waals surface area (Å²) in [5.74, 6) is 0. The third-order valence-electron chi connectivity index (χ3n) is 2.44. The number of nitrogens with one attached hydrogen (secondary N) is 1. The third-order valence-corrected chi connectivity index (χ3v) is 2.44. The summed E-state index contributed by atoms with van der Waals surface area (Å²) in [7, 11) is 0. The van der Waals surface area contributed by atoms with Crippen LogP contribution in [0.4, 0.5) is 4.79 Å². The first-order chi connectivity index (χ1) is 7.27. The van der Waals surface area contributed by atoms with Gasteiger partial charge in [0.1, 0.15) is 0 Å². The van der Waals surface area contributed by atoms with Crippen molar-refractivity contribution in [1.29, 1.82) is 0 Å². The second-order valence-corrected chi connectivity index (χ2v) is 3.71. The van der Waals surface area contributed by atoms with Gasteiger partial charge in [-0.25, -0.2) is 4.79 Å². The quantitative estimate of drug-likeness (QED) is 0.659. The molecule has 0 spiro atoms. The highest BCUT2D eigenvalue weighted by molar-refractivity contribution is 5.74. The summed E-state index contributed by atoms with van der Waals surface area (Å²) >= 11 is 0. The lowest BCUT2D eigenvalue weighted by atomic mass is 10.3. The number of hydrogen-bond acceptors (Lipinski definition) is 3. The molecular weight excluding hydrogens is 196 g/mol. The Bertz CT molecular complexity index is 199. The maximum absolute atomic E-state index is 11.6. The van der Waals surface area contributed by atoms with Gasteiger partial charge in [-0.1, -0.05) is 13.3 Å². The van der Waals surface area contributed by atoms with E-state index in [0.29, 0.717) is 19.7 Å². The molecule has 1 fully saturated rings. The van der Waals surface area contributed by atoms with E-state index in [4.69, 9.17) is 9.84 Å². The third kappa shape index (κ3) is 4.05. The van der Waals surface area contributed by atoms with Crippen LogP contribution in [0, 0.1) is 0 Å². The van der Waals surface area contributed by atoms with E-state index in [2.05, 4.69) is 12.2 Å². The number of rotatable bonds is 4. The van der Waals surface area contributed by atoms with Crippen molar-refractivity contribution in [1.82, 2.24) is 10.2 Å². The molecule has 0 aliphatic carbocycles. The van der Waals surface area contributed by atoms with E-state index < -0.39 is 0 Å². The normalized spacial score (nSPS) is 21.5. The van der Waals surface area contributed by atoms with Crippen molar-refractivity contribution in [2.45, 2.75) is 25.9 Å². The number of urea groups is 1. The van der Waals surface area contributed by atoms with Gasteiger partial charge in [-0.2, -0.15) is 0 Å². The molecule has 0 radical (unpaired) electrons. The Morgan fingerprint density at radius 2 is 2.47 bits per heavy atom. The minimum atomic E-state index is -0.226. The number of unbranched alkanes of at least 4 members (excludes halogenated alkanes) is 1. The molecule has 0 aromatic heterocycles. The summed E-state index contributed by atoms with van der Waals surface area (Å²) < 4.78 is 5.26. The summed E-state index contributed by atoms with van der Waals surface area (Å²) in [6.07, 6.45) is 1.85. The van der Waals surface area contributed by atoms with Gasteiger partial charge in [0, 0.05) is 13.1 Å². The topological polar surface area (TPSA) is 61.8 Å². The van der Waals surface area contributed by atoms with Crippen molar-refractivity contribution in [2.24, 2.45) is 0 Å². The van der Waals surface area contributed by atoms with Crippen molar-refractivity contribution < 1.29 is 14.6 Å². The highest BCUT2D eigenvalue weighted by Gasteiger charge is 2.22. The highest BCUT2D eigenvalue weighted by atomic mass is 16.5. The fraction of sp³-hybridized carbons (Fsp3) is 0.900. The van der Waals surface area contributed by atoms with E-state index in [1.807, 2.05) is 0 Å². The number of aliphatic hydroxyl groups is 1. The van der Waals surface area contributed by atoms with E-state index in [0.717, 1.165) is 19.4 Å². The fourth-order valence-corrected chi connectivity index (χ4v) is 1.50. The Morgan fingerprint density at radius 1 is 1.67 bits per heavy atom. The van der Waals surface area contributed by atoms with Crippen molar-refractivity contribution in [2.75, 3.05) is 32.8 Å². The summed E-state index contributed by atoms with van der Waals surface area (Å²) in [6, 6.07) is -0.0507. The summed E-state index contributed by atoms with van der Waals surface area (Å²) in [4.78, 5) is 13.3. The number of morpholine rings is 1. The van der Waals surface area contributed by atoms with Gasteiger partial charge in [0.05, 0.1) is 25.9 Å². The lowest BCUT2D eigenvalue weighted by molar-refractivity contribution is -0.0402. The summed E-state index contributed by atoms with van der Waals surface area (Å²) in [5, 5.41) is 11.8. The van der Waals surface area contributed by atoms with Crippen molar-refractivity contribution in [3.8, 4) is 0 Å². The molecule has 0 saturated carbocycles. The first-order valence-electron chi connectivity index (χ1n) is 5.53. The second-order valence-electron chi connectivity index (χ2n) is 3.71. The van der Waals surface area contributed by atoms with Crippen molar-refractivity contribution in [3.63, 3.8) is 0 Å². The lowest BCUT2D eigenvalue weighted by Gasteiger charge is -2.32. The highest BCUT2D eigenvalue weighted by Crippen LogP contribution is 2.04. The maximum atomic E-state index is 11.6. The van der Waals surface area contributed by atoms with Gasteiger partial charge in [0.25, 0.3) is 0 Å². The van der Waals surface area contributed by atoms with Gasteiger partial charge >= 0.3 is 6.03 Å². The number of nitrogens with zero attached hydrogens (tertiary/aromatic N) is 1. The minimum absolute atomic E-state index is 0.0290. The zero-order chi connectivity index (χ0) is 11.1. The average molecular weight is 216 g/mol. The maximum Gasteiger partial charge on any atom is 0.317 e. The van der Waals surface area contributed by atoms with E-state index in [1.165, 1.54) is 0 Å². The standard InChI is InChI=1S/C10H20N2O3/c1-2-3-4-11-10(14)12-5-6-15-9(7-12)8-13/h9,13H,2-8H2,1H3,(H,11,14). The van der Waals surface area contributed by atoms with Crippen LogP contribution >= 0.6 is 0 Å². The number of amides is 2. The van der Waals surface area contributed by atoms with E-state index >= 15 is 0 Å². The van der Waals surface area contributed by atoms with Gasteiger partial charge < -0.3 is 20.1 Å². The number of hydrogen-bond donors (Lipinski definition) is 2. The number of carbonyl (C=O) groups is 1. The molecule has 2 amide bonds. The van der Waals surface area contributed by atoms with Gasteiger partial charge in [0.2, 0.25) is 0 Å². The SMILES string of the molecule is CCCCNC(=O)N1CCOC(CO)C1. The second kappa shape index (κ2) is 6.63. The largest absolute Gasteiger partial charge is 0.394 e. The van der Waals surface area contributed by atoms with Crippen LogP contribution in [-0.4, -0.2) is 55.0 Å². The van der Waals surface area contributed by atoms with Crippen LogP contribution in [-0.2, 0) is 4.74 Å². The molecule has 0 aromatic carbocycles. The fourth-order valence-electron chi connectivity index (χ4n) is 1.50.